The van der Waals surface area contributed by atoms with Crippen LogP contribution in [0.15, 0.2) is 72.8 Å². The topological polar surface area (TPSA) is 49.5 Å². The van der Waals surface area contributed by atoms with Crippen molar-refractivity contribution in [3.05, 3.63) is 95.2 Å². The van der Waals surface area contributed by atoms with Gasteiger partial charge in [0.1, 0.15) is 24.7 Å². The fourth-order valence-electron chi connectivity index (χ4n) is 4.94. The van der Waals surface area contributed by atoms with E-state index >= 15 is 0 Å². The normalized spacial score (nSPS) is 15.3. The number of nitrogens with zero attached hydrogens (tertiary/aromatic N) is 1. The highest BCUT2D eigenvalue weighted by atomic mass is 16.5. The van der Waals surface area contributed by atoms with Gasteiger partial charge in [0.2, 0.25) is 0 Å². The molecule has 1 atom stereocenters. The summed E-state index contributed by atoms with van der Waals surface area (Å²) in [5.74, 6) is 1.83. The highest BCUT2D eigenvalue weighted by molar-refractivity contribution is 5.86. The molecule has 1 unspecified atom stereocenters. The van der Waals surface area contributed by atoms with Crippen molar-refractivity contribution in [2.24, 2.45) is 0 Å². The van der Waals surface area contributed by atoms with Crippen LogP contribution in [0.25, 0.3) is 10.9 Å². The first-order valence-corrected chi connectivity index (χ1v) is 12.7. The fourth-order valence-corrected chi connectivity index (χ4v) is 4.94. The van der Waals surface area contributed by atoms with Crippen LogP contribution in [0.5, 0.6) is 11.5 Å². The third-order valence-electron chi connectivity index (χ3n) is 6.93. The van der Waals surface area contributed by atoms with Crippen LogP contribution in [0, 0.1) is 0 Å². The van der Waals surface area contributed by atoms with Gasteiger partial charge in [0, 0.05) is 29.7 Å². The molecular weight excluding hydrogens is 434 g/mol. The lowest BCUT2D eigenvalue weighted by Gasteiger charge is -2.25. The molecule has 1 aliphatic heterocycles. The van der Waals surface area contributed by atoms with Crippen molar-refractivity contribution in [2.75, 3.05) is 32.8 Å². The van der Waals surface area contributed by atoms with E-state index in [0.717, 1.165) is 49.6 Å². The van der Waals surface area contributed by atoms with Crippen molar-refractivity contribution in [1.82, 2.24) is 15.2 Å². The molecule has 182 valence electrons. The van der Waals surface area contributed by atoms with Gasteiger partial charge in [-0.2, -0.15) is 0 Å². The van der Waals surface area contributed by atoms with Gasteiger partial charge in [0.15, 0.2) is 0 Å². The molecule has 3 aromatic carbocycles. The molecule has 0 amide bonds. The van der Waals surface area contributed by atoms with Crippen molar-refractivity contribution in [2.45, 2.75) is 32.9 Å². The zero-order valence-electron chi connectivity index (χ0n) is 20.7. The average Bonchev–Trinajstić information content (AvgIpc) is 3.29. The first-order chi connectivity index (χ1) is 17.2. The molecular formula is C30H35N3O2. The Hall–Kier alpha value is -3.28. The van der Waals surface area contributed by atoms with Gasteiger partial charge in [-0.3, -0.25) is 0 Å². The number of fused-ring (bicyclic) bond motifs is 3. The van der Waals surface area contributed by atoms with Crippen molar-refractivity contribution < 1.29 is 9.47 Å². The number of H-pyrrole nitrogens is 1. The Kier molecular flexibility index (Phi) is 7.36. The molecule has 35 heavy (non-hydrogen) atoms. The summed E-state index contributed by atoms with van der Waals surface area (Å²) < 4.78 is 12.2. The van der Waals surface area contributed by atoms with Crippen LogP contribution in [-0.2, 0) is 13.0 Å². The van der Waals surface area contributed by atoms with Crippen LogP contribution < -0.4 is 14.8 Å². The third-order valence-corrected chi connectivity index (χ3v) is 6.93. The summed E-state index contributed by atoms with van der Waals surface area (Å²) in [7, 11) is 0. The van der Waals surface area contributed by atoms with E-state index in [2.05, 4.69) is 83.6 Å². The van der Waals surface area contributed by atoms with Gasteiger partial charge in [-0.25, -0.2) is 0 Å². The predicted molar refractivity (Wildman–Crippen MR) is 142 cm³/mol. The molecule has 2 N–H and O–H groups in total. The quantitative estimate of drug-likeness (QED) is 0.313. The van der Waals surface area contributed by atoms with E-state index in [9.17, 15) is 0 Å². The van der Waals surface area contributed by atoms with E-state index in [1.54, 1.807) is 0 Å². The fraction of sp³-hybridized carbons (Fsp3) is 0.333. The first-order valence-electron chi connectivity index (χ1n) is 12.7. The minimum Gasteiger partial charge on any atom is -0.492 e. The van der Waals surface area contributed by atoms with Gasteiger partial charge in [-0.1, -0.05) is 56.3 Å². The summed E-state index contributed by atoms with van der Waals surface area (Å²) in [6.45, 7) is 9.63. The summed E-state index contributed by atoms with van der Waals surface area (Å²) in [5, 5.41) is 4.96. The molecule has 0 aliphatic carbocycles. The number of aromatic amines is 1. The lowest BCUT2D eigenvalue weighted by molar-refractivity contribution is 0.222. The molecule has 1 aromatic heterocycles. The Bertz CT molecular complexity index is 1250. The lowest BCUT2D eigenvalue weighted by atomic mass is 9.94. The van der Waals surface area contributed by atoms with Gasteiger partial charge < -0.3 is 24.7 Å². The van der Waals surface area contributed by atoms with Crippen LogP contribution in [0.2, 0.25) is 0 Å². The number of ether oxygens (including phenoxy) is 2. The second kappa shape index (κ2) is 11.0. The number of hydrogen-bond donors (Lipinski definition) is 2. The molecule has 4 aromatic rings. The van der Waals surface area contributed by atoms with Crippen LogP contribution in [0.1, 0.15) is 42.3 Å². The smallest absolute Gasteiger partial charge is 0.120 e. The number of aromatic nitrogens is 1. The second-order valence-corrected chi connectivity index (χ2v) is 9.08. The van der Waals surface area contributed by atoms with Crippen molar-refractivity contribution in [1.29, 1.82) is 0 Å². The number of rotatable bonds is 10. The third kappa shape index (κ3) is 5.37. The zero-order chi connectivity index (χ0) is 24.0. The van der Waals surface area contributed by atoms with E-state index in [-0.39, 0.29) is 6.04 Å². The van der Waals surface area contributed by atoms with Crippen LogP contribution in [-0.4, -0.2) is 42.7 Å². The molecule has 0 saturated heterocycles. The molecule has 1 aliphatic rings. The van der Waals surface area contributed by atoms with E-state index in [1.807, 2.05) is 18.2 Å². The lowest BCUT2D eigenvalue weighted by Crippen LogP contribution is -2.30. The monoisotopic (exact) mass is 469 g/mol. The number of nitrogens with one attached hydrogen (secondary N) is 2. The van der Waals surface area contributed by atoms with E-state index in [1.165, 1.54) is 27.8 Å². The predicted octanol–water partition coefficient (Wildman–Crippen LogP) is 5.70. The van der Waals surface area contributed by atoms with E-state index in [4.69, 9.17) is 9.47 Å². The largest absolute Gasteiger partial charge is 0.492 e. The maximum atomic E-state index is 6.11. The number of likely N-dealkylation sites (N-methyl/N-ethyl adjacent to an activating group) is 1. The minimum absolute atomic E-state index is 0.117. The van der Waals surface area contributed by atoms with Gasteiger partial charge in [0.25, 0.3) is 0 Å². The minimum atomic E-state index is 0.117. The van der Waals surface area contributed by atoms with Gasteiger partial charge >= 0.3 is 0 Å². The van der Waals surface area contributed by atoms with Gasteiger partial charge in [-0.15, -0.1) is 0 Å². The highest BCUT2D eigenvalue weighted by Gasteiger charge is 2.25. The summed E-state index contributed by atoms with van der Waals surface area (Å²) in [6.07, 6.45) is 0.994. The molecule has 0 bridgehead atoms. The maximum Gasteiger partial charge on any atom is 0.120 e. The second-order valence-electron chi connectivity index (χ2n) is 9.08. The molecule has 5 rings (SSSR count). The average molecular weight is 470 g/mol. The Labute approximate surface area is 208 Å². The number of benzene rings is 3. The SMILES string of the molecule is CCN(CC)CCOc1cccc(C2NCCc3c2[nH]c2ccc(OCc4ccccc4)cc32)c1. The molecule has 0 saturated carbocycles. The van der Waals surface area contributed by atoms with Crippen molar-refractivity contribution in [3.8, 4) is 11.5 Å². The zero-order valence-corrected chi connectivity index (χ0v) is 20.7. The van der Waals surface area contributed by atoms with Gasteiger partial charge in [-0.05, 0) is 66.5 Å². The van der Waals surface area contributed by atoms with Crippen molar-refractivity contribution in [3.63, 3.8) is 0 Å². The van der Waals surface area contributed by atoms with Gasteiger partial charge in [0.05, 0.1) is 6.04 Å². The van der Waals surface area contributed by atoms with E-state index in [0.29, 0.717) is 13.2 Å². The van der Waals surface area contributed by atoms with E-state index < -0.39 is 0 Å². The molecule has 0 spiro atoms. The molecule has 0 fully saturated rings. The molecule has 5 heteroatoms. The highest BCUT2D eigenvalue weighted by Crippen LogP contribution is 2.36. The first kappa shape index (κ1) is 23.5. The molecule has 2 heterocycles. The Morgan fingerprint density at radius 2 is 1.71 bits per heavy atom. The summed E-state index contributed by atoms with van der Waals surface area (Å²) in [5.41, 5.74) is 6.17. The Balaban J connectivity index is 1.34. The molecule has 5 nitrogen and oxygen atoms in total. The van der Waals surface area contributed by atoms with Crippen LogP contribution in [0.4, 0.5) is 0 Å². The van der Waals surface area contributed by atoms with Crippen LogP contribution in [0.3, 0.4) is 0 Å². The summed E-state index contributed by atoms with van der Waals surface area (Å²) in [4.78, 5) is 6.07. The van der Waals surface area contributed by atoms with Crippen molar-refractivity contribution >= 4 is 10.9 Å². The number of hydrogen-bond acceptors (Lipinski definition) is 4. The maximum absolute atomic E-state index is 6.11. The summed E-state index contributed by atoms with van der Waals surface area (Å²) >= 11 is 0. The standard InChI is InChI=1S/C30H35N3O2/c1-3-33(4-2)17-18-34-24-12-8-11-23(19-24)29-30-26(15-16-31-29)27-20-25(13-14-28(27)32-30)35-21-22-9-6-5-7-10-22/h5-14,19-20,29,31-32H,3-4,15-18,21H2,1-2H3. The van der Waals surface area contributed by atoms with Crippen LogP contribution >= 0.6 is 0 Å². The Morgan fingerprint density at radius 3 is 2.54 bits per heavy atom. The molecule has 0 radical (unpaired) electrons. The Morgan fingerprint density at radius 1 is 0.886 bits per heavy atom. The summed E-state index contributed by atoms with van der Waals surface area (Å²) in [6, 6.07) is 25.3.